The molecule has 0 unspecified atom stereocenters. The van der Waals surface area contributed by atoms with Crippen LogP contribution in [0.5, 0.6) is 17.2 Å². The van der Waals surface area contributed by atoms with E-state index in [2.05, 4.69) is 330 Å². The maximum atomic E-state index is 15.7. The molecule has 1 aliphatic rings. The molecule has 0 aliphatic carbocycles. The molecule has 0 bridgehead atoms. The molecular weight excluding hydrogens is 1800 g/mol. The first kappa shape index (κ1) is 99.8. The second kappa shape index (κ2) is 48.1. The van der Waals surface area contributed by atoms with Crippen LogP contribution in [-0.4, -0.2) is 41.4 Å². The van der Waals surface area contributed by atoms with E-state index in [0.717, 1.165) is 60.3 Å². The van der Waals surface area contributed by atoms with Gasteiger partial charge in [-0.15, -0.1) is 23.2 Å². The number of benzene rings is 23. The maximum Gasteiger partial charge on any atom is 1.00 e. The van der Waals surface area contributed by atoms with Crippen molar-refractivity contribution in [3.63, 3.8) is 0 Å². The minimum absolute atomic E-state index is 0. The molecule has 0 amide bonds. The Morgan fingerprint density at radius 2 is 0.567 bits per heavy atom. The van der Waals surface area contributed by atoms with Gasteiger partial charge in [-0.3, -0.25) is 10.5 Å². The molecule has 1 fully saturated rings. The van der Waals surface area contributed by atoms with Gasteiger partial charge in [0.2, 0.25) is 0 Å². The van der Waals surface area contributed by atoms with Crippen LogP contribution in [0.3, 0.4) is 0 Å². The van der Waals surface area contributed by atoms with Gasteiger partial charge in [0, 0.05) is 34.5 Å². The van der Waals surface area contributed by atoms with E-state index >= 15 is 4.57 Å². The van der Waals surface area contributed by atoms with Crippen molar-refractivity contribution in [1.29, 1.82) is 0 Å². The first-order chi connectivity index (χ1) is 65.0. The minimum atomic E-state index is -2.96. The third kappa shape index (κ3) is 21.6. The molecule has 7 nitrogen and oxygen atoms in total. The SMILES string of the molecule is Brc1ccc2ccc3cccc4ccc1c2c34.C1CCOC1.CCCCP(=O)(c1ccc2ccc3cccc4ccc1c2c34)c1ccc2ccc3cccc4ccc1c2c34.CCCCP(c1ccc2ccc3cccc4ccc1c2c34)c1ccc2ccc3cccc4ccc1c2c34.ClCCl.OO.[CH2-]CCC.[CH2-]CCC.[Li+].[Li+].c1ccc(OP(Oc2ccccc2)Oc2ccccc2)cc1. The molecular formula is C119H108BrCl2Li2O7P3. The summed E-state index contributed by atoms with van der Waals surface area (Å²) in [5.41, 5.74) is 0. The maximum absolute atomic E-state index is 15.7. The van der Waals surface area contributed by atoms with E-state index in [1.807, 2.05) is 91.0 Å². The van der Waals surface area contributed by atoms with Gasteiger partial charge >= 0.3 is 46.3 Å². The summed E-state index contributed by atoms with van der Waals surface area (Å²) in [5, 5.41) is 56.6. The van der Waals surface area contributed by atoms with E-state index in [-0.39, 0.29) is 43.1 Å². The van der Waals surface area contributed by atoms with Crippen LogP contribution >= 0.6 is 62.8 Å². The molecule has 1 saturated heterocycles. The van der Waals surface area contributed by atoms with E-state index in [4.69, 9.17) is 52.0 Å². The van der Waals surface area contributed by atoms with Crippen LogP contribution in [0.25, 0.3) is 162 Å². The third-order valence-corrected chi connectivity index (χ3v) is 32.5. The van der Waals surface area contributed by atoms with Crippen LogP contribution in [0.4, 0.5) is 0 Å². The Labute approximate surface area is 831 Å². The van der Waals surface area contributed by atoms with Gasteiger partial charge in [-0.25, -0.2) is 0 Å². The number of halogens is 3. The smallest absolute Gasteiger partial charge is 0.409 e. The molecule has 23 aromatic rings. The number of unbranched alkanes of at least 4 members (excludes halogenated alkanes) is 4. The quantitative estimate of drug-likeness (QED) is 0.0168. The first-order valence-corrected chi connectivity index (χ1v) is 52.2. The summed E-state index contributed by atoms with van der Waals surface area (Å²) in [6, 6.07) is 129. The summed E-state index contributed by atoms with van der Waals surface area (Å²) >= 11 is 13.2. The molecule has 0 radical (unpaired) electrons. The Hall–Kier alpha value is -10.1. The van der Waals surface area contributed by atoms with Gasteiger partial charge in [-0.1, -0.05) is 379 Å². The zero-order chi connectivity index (χ0) is 91.5. The fourth-order valence-electron chi connectivity index (χ4n) is 18.4. The molecule has 15 heteroatoms. The van der Waals surface area contributed by atoms with Crippen LogP contribution in [0.15, 0.2) is 368 Å². The Morgan fingerprint density at radius 3 is 0.851 bits per heavy atom. The molecule has 2 N–H and O–H groups in total. The van der Waals surface area contributed by atoms with Gasteiger partial charge in [-0.05, 0) is 267 Å². The number of hydrogen-bond donors (Lipinski definition) is 2. The Morgan fingerprint density at radius 1 is 0.321 bits per heavy atom. The van der Waals surface area contributed by atoms with Crippen molar-refractivity contribution in [1.82, 2.24) is 0 Å². The predicted octanol–water partition coefficient (Wildman–Crippen LogP) is 29.6. The average molecular weight is 1910 g/mol. The third-order valence-electron chi connectivity index (χ3n) is 24.7. The summed E-state index contributed by atoms with van der Waals surface area (Å²) in [4.78, 5) is 0. The fraction of sp³-hybridized carbons (Fsp3) is 0.160. The standard InChI is InChI=1S/C36H27OP.C36H27P.C18H15O3P.C16H9Br.C4H8O.2C4H9.CH2Cl2.2Li.H2O2/c1-2-3-22-38(37,31-20-16-27-12-10-23-6-4-8-25-14-18-29(31)35(27)33(23)25)32-21-17-28-13-11-24-7-5-9-26-15-19-30(32)36(28)34(24)26;1-2-3-22-37(31-20-16-27-12-10-23-6-4-8-25-14-18-29(31)35(27)33(23)25)32-21-17-28-13-11-24-7-5-9-26-15-19-30(32)36(28)34(24)26;1-4-10-16(11-5-1)19-22(20-17-12-6-2-7-13-17)21-18-14-8-3-9-15-18;17-14-9-7-12-5-4-10-2-1-3-11-6-8-13(14)16(12)15(10)11;1-2-4-5-3-1;2*1-3-4-2;2-1-3;;;1-2/h4-21H,2-3,22H2,1H3;4-21H,2-3,22H2,1H3;1-15H;1-9H;1-4H2;2*1,3-4H2,2H3;1H2;;;1-2H/q;;;;;2*-1;;2*+1;. The summed E-state index contributed by atoms with van der Waals surface area (Å²) < 4.78 is 39.3. The van der Waals surface area contributed by atoms with Crippen LogP contribution in [-0.2, 0) is 9.30 Å². The average Bonchev–Trinajstić information content (AvgIpc) is 0.783. The van der Waals surface area contributed by atoms with Crippen LogP contribution in [0.2, 0.25) is 0 Å². The minimum Gasteiger partial charge on any atom is -0.409 e. The van der Waals surface area contributed by atoms with Gasteiger partial charge < -0.3 is 36.7 Å². The largest absolute Gasteiger partial charge is 1.00 e. The zero-order valence-corrected chi connectivity index (χ0v) is 82.9. The zero-order valence-electron chi connectivity index (χ0n) is 77.1. The monoisotopic (exact) mass is 1900 g/mol. The summed E-state index contributed by atoms with van der Waals surface area (Å²) in [6.45, 7) is 18.0. The molecule has 0 atom stereocenters. The predicted molar refractivity (Wildman–Crippen MR) is 582 cm³/mol. The topological polar surface area (TPSA) is 94.5 Å². The number of ether oxygens (including phenoxy) is 1. The fourth-order valence-corrected chi connectivity index (χ4v) is 26.0. The van der Waals surface area contributed by atoms with Gasteiger partial charge in [0.15, 0.2) is 0 Å². The number of rotatable bonds is 18. The van der Waals surface area contributed by atoms with E-state index in [9.17, 15) is 0 Å². The van der Waals surface area contributed by atoms with E-state index in [1.54, 1.807) is 0 Å². The van der Waals surface area contributed by atoms with Gasteiger partial charge in [-0.2, -0.15) is 12.8 Å². The van der Waals surface area contributed by atoms with Crippen molar-refractivity contribution in [3.05, 3.63) is 382 Å². The molecule has 1 aliphatic heterocycles. The molecule has 664 valence electrons. The molecule has 0 aromatic heterocycles. The number of hydrogen-bond acceptors (Lipinski definition) is 7. The van der Waals surface area contributed by atoms with Crippen molar-refractivity contribution in [2.24, 2.45) is 0 Å². The molecule has 24 rings (SSSR count). The van der Waals surface area contributed by atoms with Crippen molar-refractivity contribution in [2.45, 2.75) is 91.9 Å². The second-order valence-corrected chi connectivity index (χ2v) is 40.9. The van der Waals surface area contributed by atoms with E-state index in [1.165, 1.54) is 211 Å². The Balaban J connectivity index is 0.000000139. The van der Waals surface area contributed by atoms with E-state index < -0.39 is 23.7 Å². The molecule has 1 heterocycles. The van der Waals surface area contributed by atoms with Gasteiger partial charge in [0.25, 0.3) is 0 Å². The second-order valence-electron chi connectivity index (χ2n) is 33.1. The normalized spacial score (nSPS) is 11.8. The van der Waals surface area contributed by atoms with Crippen LogP contribution in [0, 0.1) is 13.8 Å². The summed E-state index contributed by atoms with van der Waals surface area (Å²) in [6.07, 6.45) is 13.4. The van der Waals surface area contributed by atoms with Gasteiger partial charge in [0.05, 0.1) is 5.34 Å². The van der Waals surface area contributed by atoms with Crippen molar-refractivity contribution in [2.75, 3.05) is 30.9 Å². The molecule has 134 heavy (non-hydrogen) atoms. The number of para-hydroxylation sites is 3. The van der Waals surface area contributed by atoms with Crippen molar-refractivity contribution in [3.8, 4) is 17.2 Å². The molecule has 23 aromatic carbocycles. The summed E-state index contributed by atoms with van der Waals surface area (Å²) in [5.74, 6) is 2.13. The summed E-state index contributed by atoms with van der Waals surface area (Å²) in [7, 11) is -5.06. The van der Waals surface area contributed by atoms with Crippen LogP contribution in [0.1, 0.15) is 91.9 Å². The Bertz CT molecular complexity index is 7260. The van der Waals surface area contributed by atoms with Gasteiger partial charge in [0.1, 0.15) is 24.4 Å². The number of alkyl halides is 2. The van der Waals surface area contributed by atoms with Crippen LogP contribution < -0.4 is 72.5 Å². The molecule has 0 saturated carbocycles. The van der Waals surface area contributed by atoms with Crippen molar-refractivity contribution >= 4 is 246 Å². The Kier molecular flexibility index (Phi) is 35.8. The first-order valence-electron chi connectivity index (χ1n) is 45.8. The van der Waals surface area contributed by atoms with E-state index in [0.29, 0.717) is 23.4 Å². The molecule has 0 spiro atoms. The van der Waals surface area contributed by atoms with Crippen molar-refractivity contribution < 1.29 is 71.1 Å².